The molecule has 1 N–H and O–H groups in total. The van der Waals surface area contributed by atoms with Crippen molar-refractivity contribution in [2.75, 3.05) is 20.3 Å². The summed E-state index contributed by atoms with van der Waals surface area (Å²) in [7, 11) is 1.58. The molecule has 1 aliphatic heterocycles. The molecule has 4 nitrogen and oxygen atoms in total. The maximum atomic E-state index is 13.8. The predicted octanol–water partition coefficient (Wildman–Crippen LogP) is 5.60. The van der Waals surface area contributed by atoms with Gasteiger partial charge in [0.15, 0.2) is 5.60 Å². The number of carbonyl (C=O) groups is 1. The van der Waals surface area contributed by atoms with E-state index in [2.05, 4.69) is 11.4 Å². The van der Waals surface area contributed by atoms with E-state index in [0.29, 0.717) is 30.9 Å². The molecule has 2 aromatic carbocycles. The standard InChI is InChI=1S/C27H32FNO3/c1-31-25-13-12-23(28)18-24(25)22-10-8-21(9-11-22)19-27(15-5-17-32-27)26(30)29-16-14-20-6-3-2-4-7-20/h6,8-13,18H,2-5,7,14-17,19H2,1H3,(H,29,30)/t27-/m0/s1. The number of hydrogen-bond donors (Lipinski definition) is 1. The molecule has 2 aromatic rings. The van der Waals surface area contributed by atoms with Gasteiger partial charge < -0.3 is 14.8 Å². The summed E-state index contributed by atoms with van der Waals surface area (Å²) in [6, 6.07) is 12.4. The van der Waals surface area contributed by atoms with Crippen LogP contribution in [0.5, 0.6) is 5.75 Å². The van der Waals surface area contributed by atoms with E-state index >= 15 is 0 Å². The zero-order valence-electron chi connectivity index (χ0n) is 18.8. The highest BCUT2D eigenvalue weighted by Gasteiger charge is 2.42. The molecule has 0 aromatic heterocycles. The highest BCUT2D eigenvalue weighted by atomic mass is 19.1. The number of rotatable bonds is 8. The zero-order chi connectivity index (χ0) is 22.4. The van der Waals surface area contributed by atoms with Crippen LogP contribution in [0.25, 0.3) is 11.1 Å². The van der Waals surface area contributed by atoms with Gasteiger partial charge in [-0.15, -0.1) is 0 Å². The molecule has 5 heteroatoms. The number of methoxy groups -OCH3 is 1. The topological polar surface area (TPSA) is 47.6 Å². The van der Waals surface area contributed by atoms with Gasteiger partial charge in [-0.2, -0.15) is 0 Å². The summed E-state index contributed by atoms with van der Waals surface area (Å²) in [5.74, 6) is 0.313. The number of carbonyl (C=O) groups excluding carboxylic acids is 1. The minimum atomic E-state index is -0.807. The Balaban J connectivity index is 1.43. The lowest BCUT2D eigenvalue weighted by atomic mass is 9.89. The lowest BCUT2D eigenvalue weighted by Crippen LogP contribution is -2.48. The van der Waals surface area contributed by atoms with Crippen LogP contribution in [0.3, 0.4) is 0 Å². The first-order valence-electron chi connectivity index (χ1n) is 11.6. The molecule has 1 aliphatic carbocycles. The van der Waals surface area contributed by atoms with E-state index in [0.717, 1.165) is 43.2 Å². The molecular weight excluding hydrogens is 405 g/mol. The Morgan fingerprint density at radius 3 is 2.69 bits per heavy atom. The molecule has 0 spiro atoms. The summed E-state index contributed by atoms with van der Waals surface area (Å²) in [5, 5.41) is 3.13. The van der Waals surface area contributed by atoms with Gasteiger partial charge in [0, 0.05) is 25.1 Å². The number of hydrogen-bond acceptors (Lipinski definition) is 3. The number of ether oxygens (including phenoxy) is 2. The molecule has 2 aliphatic rings. The summed E-state index contributed by atoms with van der Waals surface area (Å²) >= 11 is 0. The van der Waals surface area contributed by atoms with Gasteiger partial charge in [0.25, 0.3) is 5.91 Å². The quantitative estimate of drug-likeness (QED) is 0.547. The van der Waals surface area contributed by atoms with Crippen molar-refractivity contribution in [1.82, 2.24) is 5.32 Å². The molecule has 32 heavy (non-hydrogen) atoms. The van der Waals surface area contributed by atoms with E-state index in [-0.39, 0.29) is 11.7 Å². The average Bonchev–Trinajstić information content (AvgIpc) is 3.30. The monoisotopic (exact) mass is 437 g/mol. The summed E-state index contributed by atoms with van der Waals surface area (Å²) in [6.07, 6.45) is 10.2. The Kier molecular flexibility index (Phi) is 7.26. The Bertz CT molecular complexity index is 961. The molecule has 1 fully saturated rings. The van der Waals surface area contributed by atoms with Crippen LogP contribution in [0.2, 0.25) is 0 Å². The molecule has 4 rings (SSSR count). The molecule has 0 bridgehead atoms. The van der Waals surface area contributed by atoms with Crippen molar-refractivity contribution in [3.8, 4) is 16.9 Å². The highest BCUT2D eigenvalue weighted by Crippen LogP contribution is 2.33. The Hall–Kier alpha value is -2.66. The van der Waals surface area contributed by atoms with Gasteiger partial charge in [0.1, 0.15) is 11.6 Å². The van der Waals surface area contributed by atoms with Crippen LogP contribution < -0.4 is 10.1 Å². The number of benzene rings is 2. The number of halogens is 1. The predicted molar refractivity (Wildman–Crippen MR) is 124 cm³/mol. The number of allylic oxidation sites excluding steroid dienone is 1. The molecular formula is C27H32FNO3. The molecule has 1 heterocycles. The maximum absolute atomic E-state index is 13.8. The van der Waals surface area contributed by atoms with Crippen LogP contribution in [0.15, 0.2) is 54.1 Å². The van der Waals surface area contributed by atoms with Crippen molar-refractivity contribution < 1.29 is 18.7 Å². The van der Waals surface area contributed by atoms with Crippen molar-refractivity contribution in [3.05, 3.63) is 65.5 Å². The molecule has 170 valence electrons. The summed E-state index contributed by atoms with van der Waals surface area (Å²) < 4.78 is 25.2. The lowest BCUT2D eigenvalue weighted by Gasteiger charge is -2.27. The van der Waals surface area contributed by atoms with Gasteiger partial charge in [0.05, 0.1) is 7.11 Å². The molecule has 0 saturated carbocycles. The second-order valence-electron chi connectivity index (χ2n) is 8.78. The van der Waals surface area contributed by atoms with Crippen LogP contribution in [0, 0.1) is 5.82 Å². The largest absolute Gasteiger partial charge is 0.496 e. The minimum Gasteiger partial charge on any atom is -0.496 e. The summed E-state index contributed by atoms with van der Waals surface area (Å²) in [5.41, 5.74) is 3.26. The van der Waals surface area contributed by atoms with Crippen molar-refractivity contribution >= 4 is 5.91 Å². The van der Waals surface area contributed by atoms with Gasteiger partial charge in [-0.3, -0.25) is 4.79 Å². The average molecular weight is 438 g/mol. The highest BCUT2D eigenvalue weighted by molar-refractivity contribution is 5.86. The molecule has 0 radical (unpaired) electrons. The number of nitrogens with one attached hydrogen (secondary N) is 1. The van der Waals surface area contributed by atoms with E-state index < -0.39 is 5.60 Å². The van der Waals surface area contributed by atoms with Gasteiger partial charge in [-0.25, -0.2) is 4.39 Å². The molecule has 1 amide bonds. The van der Waals surface area contributed by atoms with Crippen molar-refractivity contribution in [3.63, 3.8) is 0 Å². The Labute approximate surface area is 189 Å². The minimum absolute atomic E-state index is 0.0118. The normalized spacial score (nSPS) is 20.6. The van der Waals surface area contributed by atoms with Crippen LogP contribution in [-0.2, 0) is 16.0 Å². The second-order valence-corrected chi connectivity index (χ2v) is 8.78. The third-order valence-electron chi connectivity index (χ3n) is 6.55. The van der Waals surface area contributed by atoms with Crippen molar-refractivity contribution in [2.24, 2.45) is 0 Å². The first kappa shape index (κ1) is 22.5. The van der Waals surface area contributed by atoms with Gasteiger partial charge in [-0.1, -0.05) is 35.9 Å². The summed E-state index contributed by atoms with van der Waals surface area (Å²) in [4.78, 5) is 13.1. The summed E-state index contributed by atoms with van der Waals surface area (Å²) in [6.45, 7) is 1.27. The SMILES string of the molecule is COc1ccc(F)cc1-c1ccc(C[C@]2(C(=O)NCCC3=CCCCC3)CCCO2)cc1. The Morgan fingerprint density at radius 2 is 2.00 bits per heavy atom. The molecule has 1 saturated heterocycles. The second kappa shape index (κ2) is 10.3. The third kappa shape index (κ3) is 5.21. The van der Waals surface area contributed by atoms with E-state index in [1.807, 2.05) is 24.3 Å². The lowest BCUT2D eigenvalue weighted by molar-refractivity contribution is -0.141. The molecule has 0 unspecified atom stereocenters. The first-order chi connectivity index (χ1) is 15.6. The third-order valence-corrected chi connectivity index (χ3v) is 6.55. The van der Waals surface area contributed by atoms with Crippen LogP contribution >= 0.6 is 0 Å². The van der Waals surface area contributed by atoms with Crippen LogP contribution in [-0.4, -0.2) is 31.8 Å². The van der Waals surface area contributed by atoms with Gasteiger partial charge in [-0.05, 0) is 74.3 Å². The fourth-order valence-electron chi connectivity index (χ4n) is 4.76. The van der Waals surface area contributed by atoms with E-state index in [4.69, 9.17) is 9.47 Å². The fourth-order valence-corrected chi connectivity index (χ4v) is 4.76. The van der Waals surface area contributed by atoms with Gasteiger partial charge >= 0.3 is 0 Å². The van der Waals surface area contributed by atoms with E-state index in [9.17, 15) is 9.18 Å². The van der Waals surface area contributed by atoms with E-state index in [1.165, 1.54) is 30.5 Å². The van der Waals surface area contributed by atoms with Gasteiger partial charge in [0.2, 0.25) is 0 Å². The zero-order valence-corrected chi connectivity index (χ0v) is 18.8. The van der Waals surface area contributed by atoms with E-state index in [1.54, 1.807) is 13.2 Å². The van der Waals surface area contributed by atoms with Crippen LogP contribution in [0.1, 0.15) is 50.5 Å². The fraction of sp³-hybridized carbons (Fsp3) is 0.444. The number of amides is 1. The molecule has 1 atom stereocenters. The van der Waals surface area contributed by atoms with Crippen LogP contribution in [0.4, 0.5) is 4.39 Å². The van der Waals surface area contributed by atoms with Crippen molar-refractivity contribution in [1.29, 1.82) is 0 Å². The first-order valence-corrected chi connectivity index (χ1v) is 11.6. The Morgan fingerprint density at radius 1 is 1.16 bits per heavy atom. The van der Waals surface area contributed by atoms with Crippen molar-refractivity contribution in [2.45, 2.75) is 57.0 Å². The smallest absolute Gasteiger partial charge is 0.252 e. The maximum Gasteiger partial charge on any atom is 0.252 e.